The second kappa shape index (κ2) is 13.5. The predicted octanol–water partition coefficient (Wildman–Crippen LogP) is 5.77. The van der Waals surface area contributed by atoms with E-state index in [0.717, 1.165) is 32.6 Å². The molecule has 0 spiro atoms. The Bertz CT molecular complexity index is 975. The minimum absolute atomic E-state index is 0.431. The molecule has 5 nitrogen and oxygen atoms in total. The summed E-state index contributed by atoms with van der Waals surface area (Å²) in [5.41, 5.74) is 6.95. The lowest BCUT2D eigenvalue weighted by Crippen LogP contribution is -2.30. The summed E-state index contributed by atoms with van der Waals surface area (Å²) >= 11 is 0. The predicted molar refractivity (Wildman–Crippen MR) is 132 cm³/mol. The molecule has 0 unspecified atom stereocenters. The molecule has 3 aromatic rings. The molecular weight excluding hydrogens is 398 g/mol. The summed E-state index contributed by atoms with van der Waals surface area (Å²) in [6.45, 7) is 16.7. The first kappa shape index (κ1) is 25.3. The van der Waals surface area contributed by atoms with Crippen molar-refractivity contribution in [1.82, 2.24) is 14.5 Å². The highest BCUT2D eigenvalue weighted by molar-refractivity contribution is 5.85. The van der Waals surface area contributed by atoms with Crippen molar-refractivity contribution >= 4 is 17.4 Å². The molecule has 3 heterocycles. The number of fused-ring (bicyclic) bond motifs is 3. The van der Waals surface area contributed by atoms with Crippen LogP contribution in [0.1, 0.15) is 50.9 Å². The molecule has 2 aromatic heterocycles. The average molecular weight is 436 g/mol. The topological polar surface area (TPSA) is 47.4 Å². The van der Waals surface area contributed by atoms with Crippen molar-refractivity contribution in [3.05, 3.63) is 77.8 Å². The maximum Gasteiger partial charge on any atom is 0.293 e. The Morgan fingerprint density at radius 3 is 2.53 bits per heavy atom. The molecule has 1 aliphatic rings. The summed E-state index contributed by atoms with van der Waals surface area (Å²) in [5, 5.41) is 1.44. The SMILES string of the molecule is C=C(C)C.CCCn1c2c(c3ccccc31)CN(Cc1cccnc1)CC2.CCOC=O. The zero-order chi connectivity index (χ0) is 23.3. The molecule has 0 amide bonds. The van der Waals surface area contributed by atoms with Crippen LogP contribution in [0, 0.1) is 0 Å². The molecule has 1 aromatic carbocycles. The smallest absolute Gasteiger partial charge is 0.293 e. The van der Waals surface area contributed by atoms with Gasteiger partial charge in [0.05, 0.1) is 6.61 Å². The lowest BCUT2D eigenvalue weighted by atomic mass is 10.0. The molecule has 0 fully saturated rings. The second-order valence-electron chi connectivity index (χ2n) is 8.17. The van der Waals surface area contributed by atoms with Crippen molar-refractivity contribution in [2.45, 2.75) is 60.2 Å². The number of rotatable bonds is 6. The second-order valence-corrected chi connectivity index (χ2v) is 8.17. The molecule has 0 atom stereocenters. The fraction of sp³-hybridized carbons (Fsp3) is 0.407. The zero-order valence-corrected chi connectivity index (χ0v) is 20.0. The first-order chi connectivity index (χ1) is 15.5. The van der Waals surface area contributed by atoms with Gasteiger partial charge >= 0.3 is 0 Å². The lowest BCUT2D eigenvalue weighted by Gasteiger charge is -2.28. The minimum atomic E-state index is 0.431. The zero-order valence-electron chi connectivity index (χ0n) is 20.0. The number of carbonyl (C=O) groups is 1. The van der Waals surface area contributed by atoms with Gasteiger partial charge in [-0.2, -0.15) is 0 Å². The number of aryl methyl sites for hydroxylation is 1. The number of ether oxygens (including phenoxy) is 1. The van der Waals surface area contributed by atoms with Gasteiger partial charge in [-0.15, -0.1) is 6.58 Å². The maximum atomic E-state index is 9.18. The molecule has 0 saturated carbocycles. The van der Waals surface area contributed by atoms with Crippen LogP contribution in [0.15, 0.2) is 60.9 Å². The molecule has 4 rings (SSSR count). The summed E-state index contributed by atoms with van der Waals surface area (Å²) in [4.78, 5) is 16.0. The van der Waals surface area contributed by atoms with Gasteiger partial charge in [-0.05, 0) is 50.5 Å². The van der Waals surface area contributed by atoms with Crippen molar-refractivity contribution in [1.29, 1.82) is 0 Å². The van der Waals surface area contributed by atoms with E-state index in [2.05, 4.69) is 63.0 Å². The number of nitrogens with zero attached hydrogens (tertiary/aromatic N) is 3. The minimum Gasteiger partial charge on any atom is -0.468 e. The molecule has 1 aliphatic heterocycles. The number of pyridine rings is 1. The number of allylic oxidation sites excluding steroid dienone is 1. The van der Waals surface area contributed by atoms with Crippen molar-refractivity contribution in [2.75, 3.05) is 13.2 Å². The average Bonchev–Trinajstić information content (AvgIpc) is 3.09. The first-order valence-electron chi connectivity index (χ1n) is 11.4. The van der Waals surface area contributed by atoms with Gasteiger partial charge in [-0.25, -0.2) is 0 Å². The van der Waals surface area contributed by atoms with Gasteiger partial charge in [0.15, 0.2) is 0 Å². The van der Waals surface area contributed by atoms with E-state index in [1.54, 1.807) is 12.6 Å². The highest BCUT2D eigenvalue weighted by Gasteiger charge is 2.23. The van der Waals surface area contributed by atoms with Crippen LogP contribution in [0.25, 0.3) is 10.9 Å². The van der Waals surface area contributed by atoms with Crippen LogP contribution in [0.3, 0.4) is 0 Å². The van der Waals surface area contributed by atoms with Crippen molar-refractivity contribution in [3.8, 4) is 0 Å². The number of para-hydroxylation sites is 1. The number of hydrogen-bond acceptors (Lipinski definition) is 4. The summed E-state index contributed by atoms with van der Waals surface area (Å²) in [7, 11) is 0. The molecule has 0 bridgehead atoms. The fourth-order valence-electron chi connectivity index (χ4n) is 3.89. The first-order valence-corrected chi connectivity index (χ1v) is 11.4. The standard InChI is InChI=1S/C20H23N3.C4H8.C3H6O2/c1-2-11-23-19-8-4-3-7-17(19)18-15-22(12-9-20(18)23)14-16-6-5-10-21-13-16;1-4(2)3;1-2-5-3-4/h3-8,10,13H,2,9,11-12,14-15H2,1H3;1H2,2-3H3;3H,2H2,1H3. The van der Waals surface area contributed by atoms with E-state index in [0.29, 0.717) is 13.1 Å². The van der Waals surface area contributed by atoms with Crippen LogP contribution in [0.2, 0.25) is 0 Å². The Morgan fingerprint density at radius 1 is 1.19 bits per heavy atom. The largest absolute Gasteiger partial charge is 0.468 e. The third-order valence-electron chi connectivity index (χ3n) is 5.05. The Morgan fingerprint density at radius 2 is 1.94 bits per heavy atom. The van der Waals surface area contributed by atoms with E-state index in [1.165, 1.54) is 34.0 Å². The molecule has 0 radical (unpaired) electrons. The van der Waals surface area contributed by atoms with Crippen LogP contribution in [-0.2, 0) is 35.6 Å². The molecule has 0 saturated heterocycles. The summed E-state index contributed by atoms with van der Waals surface area (Å²) in [5.74, 6) is 0. The van der Waals surface area contributed by atoms with E-state index in [-0.39, 0.29) is 0 Å². The number of hydrogen-bond donors (Lipinski definition) is 0. The Labute approximate surface area is 192 Å². The highest BCUT2D eigenvalue weighted by Crippen LogP contribution is 2.31. The molecule has 32 heavy (non-hydrogen) atoms. The lowest BCUT2D eigenvalue weighted by molar-refractivity contribution is -0.128. The third-order valence-corrected chi connectivity index (χ3v) is 5.05. The van der Waals surface area contributed by atoms with Crippen LogP contribution >= 0.6 is 0 Å². The summed E-state index contributed by atoms with van der Waals surface area (Å²) in [6, 6.07) is 13.1. The Hall–Kier alpha value is -2.92. The van der Waals surface area contributed by atoms with Gasteiger partial charge in [-0.1, -0.05) is 36.8 Å². The normalized spacial score (nSPS) is 12.6. The molecule has 0 aliphatic carbocycles. The van der Waals surface area contributed by atoms with Crippen LogP contribution in [0.5, 0.6) is 0 Å². The van der Waals surface area contributed by atoms with Gasteiger partial charge < -0.3 is 9.30 Å². The van der Waals surface area contributed by atoms with Crippen molar-refractivity contribution in [2.24, 2.45) is 0 Å². The van der Waals surface area contributed by atoms with Crippen LogP contribution < -0.4 is 0 Å². The Balaban J connectivity index is 0.000000346. The van der Waals surface area contributed by atoms with E-state index >= 15 is 0 Å². The number of aromatic nitrogens is 2. The van der Waals surface area contributed by atoms with Gasteiger partial charge in [0, 0.05) is 61.6 Å². The fourth-order valence-corrected chi connectivity index (χ4v) is 3.89. The van der Waals surface area contributed by atoms with E-state index < -0.39 is 0 Å². The van der Waals surface area contributed by atoms with E-state index in [1.807, 2.05) is 32.3 Å². The molecule has 0 N–H and O–H groups in total. The molecular formula is C27H37N3O2. The van der Waals surface area contributed by atoms with Crippen molar-refractivity contribution in [3.63, 3.8) is 0 Å². The molecule has 172 valence electrons. The summed E-state index contributed by atoms with van der Waals surface area (Å²) < 4.78 is 6.70. The quantitative estimate of drug-likeness (QED) is 0.364. The van der Waals surface area contributed by atoms with Crippen LogP contribution in [0.4, 0.5) is 0 Å². The van der Waals surface area contributed by atoms with Crippen molar-refractivity contribution < 1.29 is 9.53 Å². The van der Waals surface area contributed by atoms with Gasteiger partial charge in [0.25, 0.3) is 6.47 Å². The van der Waals surface area contributed by atoms with E-state index in [4.69, 9.17) is 0 Å². The van der Waals surface area contributed by atoms with Gasteiger partial charge in [0.2, 0.25) is 0 Å². The monoisotopic (exact) mass is 435 g/mol. The summed E-state index contributed by atoms with van der Waals surface area (Å²) in [6.07, 6.45) is 6.15. The Kier molecular flexibility index (Phi) is 10.7. The maximum absolute atomic E-state index is 9.18. The number of benzene rings is 1. The molecule has 5 heteroatoms. The van der Waals surface area contributed by atoms with Crippen LogP contribution in [-0.4, -0.2) is 34.1 Å². The highest BCUT2D eigenvalue weighted by atomic mass is 16.5. The van der Waals surface area contributed by atoms with Gasteiger partial charge in [0.1, 0.15) is 0 Å². The number of carbonyl (C=O) groups excluding carboxylic acids is 1. The van der Waals surface area contributed by atoms with E-state index in [9.17, 15) is 4.79 Å². The van der Waals surface area contributed by atoms with Gasteiger partial charge in [-0.3, -0.25) is 14.7 Å². The third kappa shape index (κ3) is 7.34.